The number of hydrogen-bond donors (Lipinski definition) is 0. The van der Waals surface area contributed by atoms with Gasteiger partial charge in [0.2, 0.25) is 0 Å². The first kappa shape index (κ1) is 22.7. The van der Waals surface area contributed by atoms with E-state index in [-0.39, 0.29) is 23.3 Å². The summed E-state index contributed by atoms with van der Waals surface area (Å²) in [6, 6.07) is 11.3. The van der Waals surface area contributed by atoms with E-state index < -0.39 is 32.3 Å². The van der Waals surface area contributed by atoms with Crippen LogP contribution in [0.3, 0.4) is 0 Å². The Kier molecular flexibility index (Phi) is 5.16. The van der Waals surface area contributed by atoms with Crippen molar-refractivity contribution >= 4 is 10.2 Å². The molecule has 32 heavy (non-hydrogen) atoms. The average molecular weight is 474 g/mol. The highest BCUT2D eigenvalue weighted by Gasteiger charge is 2.65. The standard InChI is InChI=1S/C24H21F7S/c25-22-14-20(18-8-6-17(7-9-18)16-4-2-1-3-5-16)15-23(26)24(22)19-10-12-21(13-11-19)32(27,28,29,30)31/h6-16H,1-5H2. The van der Waals surface area contributed by atoms with Gasteiger partial charge in [-0.1, -0.05) is 75.1 Å². The SMILES string of the molecule is Fc1cc(-c2ccc(C3CCCCC3)cc2)cc(F)c1-c1ccc(S(F)(F)(F)(F)F)cc1. The second-order valence-electron chi connectivity index (χ2n) is 8.27. The Morgan fingerprint density at radius 2 is 1.09 bits per heavy atom. The Bertz CT molecular complexity index is 1110. The lowest BCUT2D eigenvalue weighted by molar-refractivity contribution is 0.364. The topological polar surface area (TPSA) is 0 Å². The van der Waals surface area contributed by atoms with Crippen molar-refractivity contribution in [2.24, 2.45) is 0 Å². The number of benzene rings is 3. The summed E-state index contributed by atoms with van der Waals surface area (Å²) in [4.78, 5) is -2.11. The Hall–Kier alpha value is -2.48. The van der Waals surface area contributed by atoms with Crippen molar-refractivity contribution in [3.8, 4) is 22.3 Å². The summed E-state index contributed by atoms with van der Waals surface area (Å²) in [6.07, 6.45) is 5.86. The summed E-state index contributed by atoms with van der Waals surface area (Å²) in [5.74, 6) is -1.49. The van der Waals surface area contributed by atoms with E-state index in [1.165, 1.54) is 24.8 Å². The second kappa shape index (κ2) is 7.27. The van der Waals surface area contributed by atoms with Crippen LogP contribution in [0.5, 0.6) is 0 Å². The lowest BCUT2D eigenvalue weighted by Gasteiger charge is -2.40. The van der Waals surface area contributed by atoms with E-state index in [1.807, 2.05) is 12.1 Å². The Morgan fingerprint density at radius 1 is 0.594 bits per heavy atom. The first-order valence-corrected chi connectivity index (χ1v) is 12.2. The maximum absolute atomic E-state index is 14.7. The summed E-state index contributed by atoms with van der Waals surface area (Å²) in [6.45, 7) is 0. The van der Waals surface area contributed by atoms with Gasteiger partial charge in [-0.15, -0.1) is 0 Å². The third-order valence-electron chi connectivity index (χ3n) is 5.95. The van der Waals surface area contributed by atoms with Crippen molar-refractivity contribution in [3.63, 3.8) is 0 Å². The average Bonchev–Trinajstić information content (AvgIpc) is 2.73. The molecule has 1 fully saturated rings. The highest BCUT2D eigenvalue weighted by atomic mass is 32.5. The van der Waals surface area contributed by atoms with Crippen LogP contribution in [-0.2, 0) is 0 Å². The van der Waals surface area contributed by atoms with Crippen LogP contribution < -0.4 is 0 Å². The van der Waals surface area contributed by atoms with Crippen LogP contribution in [0.15, 0.2) is 65.6 Å². The van der Waals surface area contributed by atoms with Crippen LogP contribution in [0, 0.1) is 11.6 Å². The third-order valence-corrected chi connectivity index (χ3v) is 7.11. The van der Waals surface area contributed by atoms with E-state index in [1.54, 1.807) is 12.1 Å². The highest BCUT2D eigenvalue weighted by Crippen LogP contribution is 3.02. The molecule has 0 atom stereocenters. The molecule has 0 saturated heterocycles. The van der Waals surface area contributed by atoms with Crippen LogP contribution in [0.4, 0.5) is 28.2 Å². The lowest BCUT2D eigenvalue weighted by atomic mass is 9.83. The molecule has 1 saturated carbocycles. The molecule has 172 valence electrons. The molecule has 0 unspecified atom stereocenters. The summed E-state index contributed by atoms with van der Waals surface area (Å²) in [5.41, 5.74) is 1.24. The molecule has 0 heterocycles. The molecule has 0 aliphatic heterocycles. The fourth-order valence-corrected chi connectivity index (χ4v) is 4.93. The first-order valence-electron chi connectivity index (χ1n) is 10.3. The monoisotopic (exact) mass is 474 g/mol. The van der Waals surface area contributed by atoms with Crippen LogP contribution in [0.1, 0.15) is 43.6 Å². The third kappa shape index (κ3) is 4.80. The van der Waals surface area contributed by atoms with Crippen LogP contribution in [-0.4, -0.2) is 0 Å². The Balaban J connectivity index is 1.63. The van der Waals surface area contributed by atoms with Gasteiger partial charge in [-0.25, -0.2) is 8.78 Å². The molecule has 0 spiro atoms. The van der Waals surface area contributed by atoms with Crippen molar-refractivity contribution in [2.75, 3.05) is 0 Å². The van der Waals surface area contributed by atoms with E-state index in [0.717, 1.165) is 25.0 Å². The van der Waals surface area contributed by atoms with Gasteiger partial charge in [0.25, 0.3) is 0 Å². The number of rotatable bonds is 4. The molecule has 3 aromatic rings. The normalized spacial score (nSPS) is 17.6. The van der Waals surface area contributed by atoms with Gasteiger partial charge in [0, 0.05) is 0 Å². The highest BCUT2D eigenvalue weighted by molar-refractivity contribution is 8.45. The zero-order valence-corrected chi connectivity index (χ0v) is 17.8. The maximum atomic E-state index is 14.7. The van der Waals surface area contributed by atoms with E-state index in [4.69, 9.17) is 0 Å². The molecule has 8 heteroatoms. The van der Waals surface area contributed by atoms with Crippen LogP contribution >= 0.6 is 10.2 Å². The molecule has 0 N–H and O–H groups in total. The van der Waals surface area contributed by atoms with Gasteiger partial charge in [0.05, 0.1) is 5.56 Å². The molecule has 0 amide bonds. The molecule has 3 aromatic carbocycles. The van der Waals surface area contributed by atoms with Crippen LogP contribution in [0.2, 0.25) is 0 Å². The van der Waals surface area contributed by atoms with E-state index in [2.05, 4.69) is 0 Å². The van der Waals surface area contributed by atoms with Crippen molar-refractivity contribution in [3.05, 3.63) is 77.9 Å². The number of hydrogen-bond acceptors (Lipinski definition) is 0. The predicted octanol–water partition coefficient (Wildman–Crippen LogP) is 10.0. The minimum atomic E-state index is -9.85. The van der Waals surface area contributed by atoms with E-state index >= 15 is 0 Å². The molecular weight excluding hydrogens is 453 g/mol. The summed E-state index contributed by atoms with van der Waals surface area (Å²) in [7, 11) is -9.85. The summed E-state index contributed by atoms with van der Waals surface area (Å²) in [5, 5.41) is 0. The minimum Gasteiger partial charge on any atom is -0.206 e. The molecule has 1 aliphatic carbocycles. The van der Waals surface area contributed by atoms with Crippen molar-refractivity contribution in [1.29, 1.82) is 0 Å². The minimum absolute atomic E-state index is 0.146. The maximum Gasteiger partial charge on any atom is 0.310 e. The quantitative estimate of drug-likeness (QED) is 0.330. The van der Waals surface area contributed by atoms with Gasteiger partial charge >= 0.3 is 10.2 Å². The second-order valence-corrected chi connectivity index (χ2v) is 10.7. The fourth-order valence-electron chi connectivity index (χ4n) is 4.28. The molecule has 1 aliphatic rings. The summed E-state index contributed by atoms with van der Waals surface area (Å²) < 4.78 is 93.9. The predicted molar refractivity (Wildman–Crippen MR) is 114 cm³/mol. The van der Waals surface area contributed by atoms with E-state index in [9.17, 15) is 28.2 Å². The fraction of sp³-hybridized carbons (Fsp3) is 0.250. The van der Waals surface area contributed by atoms with Gasteiger partial charge in [0.1, 0.15) is 16.5 Å². The van der Waals surface area contributed by atoms with Crippen molar-refractivity contribution in [2.45, 2.75) is 42.9 Å². The van der Waals surface area contributed by atoms with Crippen molar-refractivity contribution in [1.82, 2.24) is 0 Å². The molecule has 4 rings (SSSR count). The summed E-state index contributed by atoms with van der Waals surface area (Å²) >= 11 is 0. The molecule has 0 aromatic heterocycles. The van der Waals surface area contributed by atoms with Gasteiger partial charge in [0.15, 0.2) is 0 Å². The zero-order chi connectivity index (χ0) is 23.2. The molecule has 0 bridgehead atoms. The molecule has 0 nitrogen and oxygen atoms in total. The van der Waals surface area contributed by atoms with Crippen LogP contribution in [0.25, 0.3) is 22.3 Å². The van der Waals surface area contributed by atoms with Gasteiger partial charge in [-0.05, 0) is 65.3 Å². The molecular formula is C24H21F7S. The zero-order valence-electron chi connectivity index (χ0n) is 16.9. The number of halogens is 7. The lowest BCUT2D eigenvalue weighted by Crippen LogP contribution is -2.05. The van der Waals surface area contributed by atoms with E-state index in [0.29, 0.717) is 23.6 Å². The Morgan fingerprint density at radius 3 is 1.59 bits per heavy atom. The Labute approximate surface area is 181 Å². The largest absolute Gasteiger partial charge is 0.310 e. The first-order chi connectivity index (χ1) is 14.8. The smallest absolute Gasteiger partial charge is 0.206 e. The van der Waals surface area contributed by atoms with Crippen molar-refractivity contribution < 1.29 is 28.2 Å². The van der Waals surface area contributed by atoms with Gasteiger partial charge in [-0.2, -0.15) is 0 Å². The van der Waals surface area contributed by atoms with Gasteiger partial charge in [-0.3, -0.25) is 0 Å². The van der Waals surface area contributed by atoms with Gasteiger partial charge < -0.3 is 0 Å². The molecule has 0 radical (unpaired) electrons.